The molecular formula is C21H21ClN2O3. The average molecular weight is 385 g/mol. The van der Waals surface area contributed by atoms with Gasteiger partial charge in [0.25, 0.3) is 11.8 Å². The molecule has 0 bridgehead atoms. The molecule has 0 atom stereocenters. The number of amides is 2. The van der Waals surface area contributed by atoms with Crippen molar-refractivity contribution in [3.8, 4) is 0 Å². The Morgan fingerprint density at radius 1 is 1.00 bits per heavy atom. The van der Waals surface area contributed by atoms with E-state index in [9.17, 15) is 9.59 Å². The zero-order valence-electron chi connectivity index (χ0n) is 15.2. The maximum atomic E-state index is 13.0. The summed E-state index contributed by atoms with van der Waals surface area (Å²) < 4.78 is 5.51. The van der Waals surface area contributed by atoms with Gasteiger partial charge in [0.15, 0.2) is 0 Å². The molecule has 5 nitrogen and oxygen atoms in total. The number of nitrogens with one attached hydrogen (secondary N) is 1. The minimum atomic E-state index is -0.360. The molecule has 0 unspecified atom stereocenters. The van der Waals surface area contributed by atoms with Crippen LogP contribution in [0.3, 0.4) is 0 Å². The molecule has 0 aliphatic carbocycles. The quantitative estimate of drug-likeness (QED) is 0.734. The Labute approximate surface area is 163 Å². The van der Waals surface area contributed by atoms with E-state index in [1.807, 2.05) is 44.2 Å². The lowest BCUT2D eigenvalue weighted by molar-refractivity contribution is -0.137. The number of hydrogen-bond donors (Lipinski definition) is 1. The predicted octanol–water partition coefficient (Wildman–Crippen LogP) is 3.96. The standard InChI is InChI=1S/C21H21ClN2O3/c1-14(2)27-13-12-24-20(25)18(15-8-10-16(22)11-9-15)19(21(24)26)23-17-6-4-3-5-7-17/h3-11,14,23H,12-13H2,1-2H3. The van der Waals surface area contributed by atoms with Crippen LogP contribution in [0.1, 0.15) is 19.4 Å². The molecule has 140 valence electrons. The second kappa shape index (κ2) is 8.37. The number of imide groups is 1. The number of carbonyl (C=O) groups excluding carboxylic acids is 2. The Morgan fingerprint density at radius 2 is 1.67 bits per heavy atom. The van der Waals surface area contributed by atoms with Gasteiger partial charge >= 0.3 is 0 Å². The van der Waals surface area contributed by atoms with Crippen LogP contribution >= 0.6 is 11.6 Å². The van der Waals surface area contributed by atoms with E-state index in [-0.39, 0.29) is 30.2 Å². The van der Waals surface area contributed by atoms with E-state index in [0.717, 1.165) is 5.69 Å². The van der Waals surface area contributed by atoms with Crippen molar-refractivity contribution in [3.05, 3.63) is 70.9 Å². The van der Waals surface area contributed by atoms with Gasteiger partial charge in [-0.15, -0.1) is 0 Å². The van der Waals surface area contributed by atoms with Crippen molar-refractivity contribution in [1.82, 2.24) is 4.90 Å². The Balaban J connectivity index is 1.94. The summed E-state index contributed by atoms with van der Waals surface area (Å²) in [5.74, 6) is -0.700. The van der Waals surface area contributed by atoms with Crippen LogP contribution < -0.4 is 5.32 Å². The smallest absolute Gasteiger partial charge is 0.278 e. The molecule has 0 spiro atoms. The summed E-state index contributed by atoms with van der Waals surface area (Å²) in [7, 11) is 0. The molecule has 0 saturated heterocycles. The molecule has 2 aromatic rings. The third-order valence-corrected chi connectivity index (χ3v) is 4.36. The number of hydrogen-bond acceptors (Lipinski definition) is 4. The molecule has 1 aliphatic heterocycles. The molecule has 0 aromatic heterocycles. The molecule has 27 heavy (non-hydrogen) atoms. The maximum absolute atomic E-state index is 13.0. The average Bonchev–Trinajstić information content (AvgIpc) is 2.87. The van der Waals surface area contributed by atoms with Crippen LogP contribution in [-0.2, 0) is 14.3 Å². The largest absolute Gasteiger partial charge is 0.377 e. The van der Waals surface area contributed by atoms with Gasteiger partial charge in [0.1, 0.15) is 5.70 Å². The van der Waals surface area contributed by atoms with Gasteiger partial charge in [0.2, 0.25) is 0 Å². The number of anilines is 1. The molecule has 6 heteroatoms. The number of para-hydroxylation sites is 1. The molecular weight excluding hydrogens is 364 g/mol. The van der Waals surface area contributed by atoms with E-state index in [1.165, 1.54) is 4.90 Å². The van der Waals surface area contributed by atoms with Crippen molar-refractivity contribution in [3.63, 3.8) is 0 Å². The fourth-order valence-electron chi connectivity index (χ4n) is 2.82. The topological polar surface area (TPSA) is 58.6 Å². The third-order valence-electron chi connectivity index (χ3n) is 4.11. The lowest BCUT2D eigenvalue weighted by atomic mass is 10.0. The van der Waals surface area contributed by atoms with Crippen LogP contribution in [0.15, 0.2) is 60.3 Å². The summed E-state index contributed by atoms with van der Waals surface area (Å²) in [6.07, 6.45) is 0.0309. The Hall–Kier alpha value is -2.63. The highest BCUT2D eigenvalue weighted by Gasteiger charge is 2.39. The van der Waals surface area contributed by atoms with Gasteiger partial charge in [0.05, 0.1) is 24.8 Å². The van der Waals surface area contributed by atoms with Gasteiger partial charge < -0.3 is 10.1 Å². The highest BCUT2D eigenvalue weighted by atomic mass is 35.5. The first-order valence-electron chi connectivity index (χ1n) is 8.77. The summed E-state index contributed by atoms with van der Waals surface area (Å²) in [6.45, 7) is 4.31. The van der Waals surface area contributed by atoms with Crippen molar-refractivity contribution >= 4 is 34.7 Å². The first-order valence-corrected chi connectivity index (χ1v) is 9.15. The van der Waals surface area contributed by atoms with Gasteiger partial charge in [-0.2, -0.15) is 0 Å². The minimum Gasteiger partial charge on any atom is -0.377 e. The van der Waals surface area contributed by atoms with E-state index in [4.69, 9.17) is 16.3 Å². The minimum absolute atomic E-state index is 0.0309. The van der Waals surface area contributed by atoms with Crippen LogP contribution in [0.5, 0.6) is 0 Å². The Morgan fingerprint density at radius 3 is 2.30 bits per heavy atom. The van der Waals surface area contributed by atoms with Crippen molar-refractivity contribution in [2.45, 2.75) is 20.0 Å². The monoisotopic (exact) mass is 384 g/mol. The molecule has 1 heterocycles. The molecule has 3 rings (SSSR count). The molecule has 0 fully saturated rings. The van der Waals surface area contributed by atoms with Crippen molar-refractivity contribution in [2.75, 3.05) is 18.5 Å². The SMILES string of the molecule is CC(C)OCCN1C(=O)C(Nc2ccccc2)=C(c2ccc(Cl)cc2)C1=O. The Kier molecular flexibility index (Phi) is 5.94. The number of benzene rings is 2. The number of nitrogens with zero attached hydrogens (tertiary/aromatic N) is 1. The molecule has 0 saturated carbocycles. The maximum Gasteiger partial charge on any atom is 0.278 e. The normalized spacial score (nSPS) is 14.4. The number of halogens is 1. The zero-order valence-corrected chi connectivity index (χ0v) is 16.0. The Bertz CT molecular complexity index is 861. The van der Waals surface area contributed by atoms with Crippen molar-refractivity contribution in [2.24, 2.45) is 0 Å². The molecule has 1 N–H and O–H groups in total. The van der Waals surface area contributed by atoms with E-state index in [1.54, 1.807) is 24.3 Å². The third kappa shape index (κ3) is 4.38. The molecule has 0 radical (unpaired) electrons. The van der Waals surface area contributed by atoms with Crippen LogP contribution in [0.25, 0.3) is 5.57 Å². The first-order chi connectivity index (χ1) is 13.0. The fourth-order valence-corrected chi connectivity index (χ4v) is 2.95. The van der Waals surface area contributed by atoms with Crippen LogP contribution in [0.2, 0.25) is 5.02 Å². The summed E-state index contributed by atoms with van der Waals surface area (Å²) >= 11 is 5.97. The lowest BCUT2D eigenvalue weighted by Gasteiger charge is -2.16. The van der Waals surface area contributed by atoms with E-state index in [2.05, 4.69) is 5.32 Å². The van der Waals surface area contributed by atoms with Crippen LogP contribution in [0, 0.1) is 0 Å². The second-order valence-corrected chi connectivity index (χ2v) is 6.87. The van der Waals surface area contributed by atoms with Crippen molar-refractivity contribution < 1.29 is 14.3 Å². The van der Waals surface area contributed by atoms with Crippen LogP contribution in [-0.4, -0.2) is 36.0 Å². The number of carbonyl (C=O) groups is 2. The van der Waals surface area contributed by atoms with Gasteiger partial charge in [-0.05, 0) is 43.7 Å². The van der Waals surface area contributed by atoms with Crippen LogP contribution in [0.4, 0.5) is 5.69 Å². The predicted molar refractivity (Wildman–Crippen MR) is 106 cm³/mol. The molecule has 2 aromatic carbocycles. The van der Waals surface area contributed by atoms with E-state index in [0.29, 0.717) is 22.8 Å². The number of ether oxygens (including phenoxy) is 1. The van der Waals surface area contributed by atoms with Crippen molar-refractivity contribution in [1.29, 1.82) is 0 Å². The van der Waals surface area contributed by atoms with E-state index >= 15 is 0 Å². The van der Waals surface area contributed by atoms with Gasteiger partial charge in [-0.1, -0.05) is 41.9 Å². The summed E-state index contributed by atoms with van der Waals surface area (Å²) in [6, 6.07) is 16.2. The molecule has 1 aliphatic rings. The summed E-state index contributed by atoms with van der Waals surface area (Å²) in [5.41, 5.74) is 1.98. The van der Waals surface area contributed by atoms with Gasteiger partial charge in [-0.3, -0.25) is 14.5 Å². The highest BCUT2D eigenvalue weighted by Crippen LogP contribution is 2.31. The highest BCUT2D eigenvalue weighted by molar-refractivity contribution is 6.36. The van der Waals surface area contributed by atoms with E-state index < -0.39 is 0 Å². The first kappa shape index (κ1) is 19.1. The lowest BCUT2D eigenvalue weighted by Crippen LogP contribution is -2.35. The fraction of sp³-hybridized carbons (Fsp3) is 0.238. The number of rotatable bonds is 7. The van der Waals surface area contributed by atoms with Gasteiger partial charge in [-0.25, -0.2) is 0 Å². The van der Waals surface area contributed by atoms with Gasteiger partial charge in [0, 0.05) is 10.7 Å². The summed E-state index contributed by atoms with van der Waals surface area (Å²) in [5, 5.41) is 3.67. The summed E-state index contributed by atoms with van der Waals surface area (Å²) in [4.78, 5) is 27.2. The zero-order chi connectivity index (χ0) is 19.4. The molecule has 2 amide bonds. The second-order valence-electron chi connectivity index (χ2n) is 6.43.